The van der Waals surface area contributed by atoms with Crippen LogP contribution in [-0.2, 0) is 13.0 Å². The van der Waals surface area contributed by atoms with Gasteiger partial charge in [-0.3, -0.25) is 0 Å². The van der Waals surface area contributed by atoms with Crippen molar-refractivity contribution >= 4 is 0 Å². The van der Waals surface area contributed by atoms with Crippen molar-refractivity contribution < 1.29 is 5.11 Å². The highest BCUT2D eigenvalue weighted by atomic mass is 16.3. The van der Waals surface area contributed by atoms with Gasteiger partial charge in [0.1, 0.15) is 11.6 Å². The molecular weight excluding hydrogens is 228 g/mol. The molecule has 2 heterocycles. The predicted molar refractivity (Wildman–Crippen MR) is 68.0 cm³/mol. The molecule has 1 atom stereocenters. The molecule has 0 fully saturated rings. The number of nitrogens with zero attached hydrogens (tertiary/aromatic N) is 3. The molecular formula is C13H16N4O. The van der Waals surface area contributed by atoms with Gasteiger partial charge in [-0.1, -0.05) is 12.1 Å². The number of hydrogen-bond acceptors (Lipinski definition) is 4. The molecule has 0 spiro atoms. The van der Waals surface area contributed by atoms with E-state index >= 15 is 0 Å². The number of aryl methyl sites for hydroxylation is 1. The number of rotatable bonds is 2. The van der Waals surface area contributed by atoms with E-state index in [9.17, 15) is 5.11 Å². The van der Waals surface area contributed by atoms with Crippen molar-refractivity contribution in [2.45, 2.75) is 19.4 Å². The maximum absolute atomic E-state index is 9.81. The molecule has 18 heavy (non-hydrogen) atoms. The normalized spacial score (nSPS) is 18.6. The van der Waals surface area contributed by atoms with Gasteiger partial charge in [0.15, 0.2) is 5.82 Å². The molecule has 0 radical (unpaired) electrons. The molecule has 2 aromatic rings. The topological polar surface area (TPSA) is 77.0 Å². The minimum atomic E-state index is 0.218. The number of phenolic OH excluding ortho intramolecular Hbond substituents is 1. The summed E-state index contributed by atoms with van der Waals surface area (Å²) in [6.45, 7) is 1.55. The Bertz CT molecular complexity index is 564. The Labute approximate surface area is 105 Å². The molecule has 5 nitrogen and oxygen atoms in total. The lowest BCUT2D eigenvalue weighted by Crippen LogP contribution is -2.25. The molecule has 3 N–H and O–H groups in total. The van der Waals surface area contributed by atoms with Crippen LogP contribution in [0.25, 0.3) is 11.4 Å². The number of benzene rings is 1. The van der Waals surface area contributed by atoms with Gasteiger partial charge in [0.05, 0.1) is 5.56 Å². The fraction of sp³-hybridized carbons (Fsp3) is 0.385. The van der Waals surface area contributed by atoms with Crippen LogP contribution in [0.2, 0.25) is 0 Å². The van der Waals surface area contributed by atoms with Crippen LogP contribution in [0.1, 0.15) is 12.2 Å². The maximum Gasteiger partial charge on any atom is 0.185 e. The van der Waals surface area contributed by atoms with Crippen molar-refractivity contribution in [3.05, 3.63) is 30.1 Å². The second kappa shape index (κ2) is 4.42. The van der Waals surface area contributed by atoms with Crippen molar-refractivity contribution in [2.75, 3.05) is 6.54 Å². The van der Waals surface area contributed by atoms with E-state index in [0.29, 0.717) is 23.9 Å². The van der Waals surface area contributed by atoms with Gasteiger partial charge in [-0.05, 0) is 31.0 Å². The molecule has 5 heteroatoms. The van der Waals surface area contributed by atoms with Crippen LogP contribution in [0.4, 0.5) is 0 Å². The fourth-order valence-electron chi connectivity index (χ4n) is 2.35. The zero-order valence-corrected chi connectivity index (χ0v) is 10.1. The van der Waals surface area contributed by atoms with Gasteiger partial charge in [-0.25, -0.2) is 9.67 Å². The van der Waals surface area contributed by atoms with Crippen molar-refractivity contribution in [3.63, 3.8) is 0 Å². The molecule has 0 aliphatic carbocycles. The van der Waals surface area contributed by atoms with Crippen LogP contribution < -0.4 is 5.73 Å². The Balaban J connectivity index is 1.97. The maximum atomic E-state index is 9.81. The molecule has 1 aliphatic rings. The predicted octanol–water partition coefficient (Wildman–Crippen LogP) is 1.17. The molecule has 1 aliphatic heterocycles. The number of nitrogens with two attached hydrogens (primary N) is 1. The summed E-state index contributed by atoms with van der Waals surface area (Å²) in [5.74, 6) is 2.28. The zero-order chi connectivity index (χ0) is 12.5. The smallest absolute Gasteiger partial charge is 0.185 e. The third kappa shape index (κ3) is 1.86. The summed E-state index contributed by atoms with van der Waals surface area (Å²) in [6.07, 6.45) is 1.92. The van der Waals surface area contributed by atoms with Gasteiger partial charge in [-0.15, -0.1) is 0 Å². The first-order valence-corrected chi connectivity index (χ1v) is 6.20. The fourth-order valence-corrected chi connectivity index (χ4v) is 2.35. The zero-order valence-electron chi connectivity index (χ0n) is 10.1. The summed E-state index contributed by atoms with van der Waals surface area (Å²) < 4.78 is 1.92. The molecule has 1 aromatic heterocycles. The summed E-state index contributed by atoms with van der Waals surface area (Å²) in [4.78, 5) is 4.52. The Hall–Kier alpha value is -1.88. The van der Waals surface area contributed by atoms with Crippen LogP contribution >= 0.6 is 0 Å². The van der Waals surface area contributed by atoms with E-state index in [1.165, 1.54) is 0 Å². The van der Waals surface area contributed by atoms with E-state index in [2.05, 4.69) is 10.1 Å². The Morgan fingerprint density at radius 1 is 1.39 bits per heavy atom. The van der Waals surface area contributed by atoms with Crippen LogP contribution in [0, 0.1) is 5.92 Å². The highest BCUT2D eigenvalue weighted by molar-refractivity contribution is 5.63. The van der Waals surface area contributed by atoms with Crippen LogP contribution in [0.15, 0.2) is 24.3 Å². The first kappa shape index (κ1) is 11.2. The Morgan fingerprint density at radius 2 is 2.22 bits per heavy atom. The van der Waals surface area contributed by atoms with Gasteiger partial charge in [-0.2, -0.15) is 5.10 Å². The third-order valence-corrected chi connectivity index (χ3v) is 3.45. The van der Waals surface area contributed by atoms with Gasteiger partial charge < -0.3 is 10.8 Å². The van der Waals surface area contributed by atoms with Gasteiger partial charge in [0.25, 0.3) is 0 Å². The quantitative estimate of drug-likeness (QED) is 0.831. The summed E-state index contributed by atoms with van der Waals surface area (Å²) >= 11 is 0. The number of aromatic nitrogens is 3. The first-order valence-electron chi connectivity index (χ1n) is 6.20. The molecule has 0 saturated heterocycles. The lowest BCUT2D eigenvalue weighted by Gasteiger charge is -2.19. The summed E-state index contributed by atoms with van der Waals surface area (Å²) in [6, 6.07) is 7.15. The van der Waals surface area contributed by atoms with Crippen LogP contribution in [0.5, 0.6) is 5.75 Å². The van der Waals surface area contributed by atoms with Gasteiger partial charge in [0.2, 0.25) is 0 Å². The van der Waals surface area contributed by atoms with Crippen LogP contribution in [0.3, 0.4) is 0 Å². The number of para-hydroxylation sites is 1. The number of fused-ring (bicyclic) bond motifs is 1. The largest absolute Gasteiger partial charge is 0.507 e. The van der Waals surface area contributed by atoms with Crippen LogP contribution in [-0.4, -0.2) is 26.4 Å². The molecule has 0 amide bonds. The van der Waals surface area contributed by atoms with E-state index in [-0.39, 0.29) is 5.75 Å². The monoisotopic (exact) mass is 244 g/mol. The second-order valence-electron chi connectivity index (χ2n) is 4.69. The van der Waals surface area contributed by atoms with Gasteiger partial charge in [0, 0.05) is 13.0 Å². The van der Waals surface area contributed by atoms with Crippen molar-refractivity contribution in [1.82, 2.24) is 14.8 Å². The average Bonchev–Trinajstić information content (AvgIpc) is 2.81. The lowest BCUT2D eigenvalue weighted by atomic mass is 9.98. The molecule has 94 valence electrons. The Kier molecular flexibility index (Phi) is 2.76. The molecule has 1 unspecified atom stereocenters. The molecule has 3 rings (SSSR count). The molecule has 0 bridgehead atoms. The second-order valence-corrected chi connectivity index (χ2v) is 4.69. The van der Waals surface area contributed by atoms with Gasteiger partial charge >= 0.3 is 0 Å². The highest BCUT2D eigenvalue weighted by Crippen LogP contribution is 2.27. The number of phenols is 1. The minimum Gasteiger partial charge on any atom is -0.507 e. The van der Waals surface area contributed by atoms with E-state index in [0.717, 1.165) is 25.2 Å². The van der Waals surface area contributed by atoms with Crippen molar-refractivity contribution in [1.29, 1.82) is 0 Å². The third-order valence-electron chi connectivity index (χ3n) is 3.45. The summed E-state index contributed by atoms with van der Waals surface area (Å²) in [5, 5.41) is 14.3. The average molecular weight is 244 g/mol. The molecule has 1 aromatic carbocycles. The number of aromatic hydroxyl groups is 1. The minimum absolute atomic E-state index is 0.218. The lowest BCUT2D eigenvalue weighted by molar-refractivity contribution is 0.369. The SMILES string of the molecule is NCC1CCn2nc(-c3ccccc3O)nc2C1. The molecule has 0 saturated carbocycles. The van der Waals surface area contributed by atoms with Crippen molar-refractivity contribution in [2.24, 2.45) is 11.7 Å². The number of hydrogen-bond donors (Lipinski definition) is 2. The first-order chi connectivity index (χ1) is 8.78. The summed E-state index contributed by atoms with van der Waals surface area (Å²) in [7, 11) is 0. The van der Waals surface area contributed by atoms with E-state index in [1.807, 2.05) is 16.8 Å². The standard InChI is InChI=1S/C13H16N4O/c14-8-9-5-6-17-12(7-9)15-13(16-17)10-3-1-2-4-11(10)18/h1-4,9,18H,5-8,14H2. The van der Waals surface area contributed by atoms with E-state index in [4.69, 9.17) is 5.73 Å². The van der Waals surface area contributed by atoms with Crippen molar-refractivity contribution in [3.8, 4) is 17.1 Å². The van der Waals surface area contributed by atoms with E-state index < -0.39 is 0 Å². The summed E-state index contributed by atoms with van der Waals surface area (Å²) in [5.41, 5.74) is 6.39. The highest BCUT2D eigenvalue weighted by Gasteiger charge is 2.21. The van der Waals surface area contributed by atoms with E-state index in [1.54, 1.807) is 12.1 Å². The Morgan fingerprint density at radius 3 is 3.00 bits per heavy atom.